The second kappa shape index (κ2) is 10.5. The molecule has 1 unspecified atom stereocenters. The van der Waals surface area contributed by atoms with Gasteiger partial charge in [0.25, 0.3) is 5.09 Å². The van der Waals surface area contributed by atoms with Gasteiger partial charge in [0.05, 0.1) is 5.57 Å². The lowest BCUT2D eigenvalue weighted by Crippen LogP contribution is -2.41. The van der Waals surface area contributed by atoms with Crippen molar-refractivity contribution >= 4 is 45.2 Å². The molecule has 30 heavy (non-hydrogen) atoms. The normalized spacial score (nSPS) is 15.7. The molecule has 0 bridgehead atoms. The van der Waals surface area contributed by atoms with Crippen molar-refractivity contribution in [3.63, 3.8) is 0 Å². The molecule has 0 aromatic heterocycles. The smallest absolute Gasteiger partial charge is 0.430 e. The highest BCUT2D eigenvalue weighted by Crippen LogP contribution is 2.41. The fourth-order valence-corrected chi connectivity index (χ4v) is 4.36. The standard InChI is InChI=1S/C17H17ClF3NO6S2/c1-9-7-13-11(10(2)14(9)18)8-12(15(28-13)17(19,20)21)16(23)26-3-5-29-30-6-4-27-22(24)25/h7-8,15H,3-6H2,1-2H3. The Morgan fingerprint density at radius 3 is 2.53 bits per heavy atom. The van der Waals surface area contributed by atoms with Gasteiger partial charge in [0.15, 0.2) is 0 Å². The Kier molecular flexibility index (Phi) is 8.56. The minimum Gasteiger partial charge on any atom is -0.475 e. The van der Waals surface area contributed by atoms with E-state index in [2.05, 4.69) is 4.84 Å². The molecule has 2 rings (SSSR count). The molecule has 0 radical (unpaired) electrons. The molecule has 7 nitrogen and oxygen atoms in total. The number of carbonyl (C=O) groups excluding carboxylic acids is 1. The highest BCUT2D eigenvalue weighted by Gasteiger charge is 2.49. The number of fused-ring (bicyclic) bond motifs is 1. The topological polar surface area (TPSA) is 87.9 Å². The number of aryl methyl sites for hydroxylation is 1. The van der Waals surface area contributed by atoms with E-state index in [1.165, 1.54) is 27.7 Å². The number of ether oxygens (including phenoxy) is 2. The molecule has 0 fully saturated rings. The number of halogens is 4. The van der Waals surface area contributed by atoms with Crippen molar-refractivity contribution in [2.45, 2.75) is 26.1 Å². The second-order valence-corrected chi connectivity index (χ2v) is 9.10. The van der Waals surface area contributed by atoms with Crippen molar-refractivity contribution in [1.82, 2.24) is 0 Å². The molecule has 166 valence electrons. The summed E-state index contributed by atoms with van der Waals surface area (Å²) in [5.74, 6) is -0.538. The third-order valence-corrected chi connectivity index (χ3v) is 6.81. The van der Waals surface area contributed by atoms with Gasteiger partial charge in [-0.2, -0.15) is 13.2 Å². The molecule has 0 aliphatic carbocycles. The van der Waals surface area contributed by atoms with E-state index in [0.29, 0.717) is 27.5 Å². The van der Waals surface area contributed by atoms with E-state index in [9.17, 15) is 28.1 Å². The summed E-state index contributed by atoms with van der Waals surface area (Å²) in [5.41, 5.74) is 0.705. The van der Waals surface area contributed by atoms with Gasteiger partial charge in [0.1, 0.15) is 19.0 Å². The van der Waals surface area contributed by atoms with E-state index in [4.69, 9.17) is 21.1 Å². The fourth-order valence-electron chi connectivity index (χ4n) is 2.56. The summed E-state index contributed by atoms with van der Waals surface area (Å²) in [5, 5.41) is 9.47. The molecule has 1 aromatic carbocycles. The summed E-state index contributed by atoms with van der Waals surface area (Å²) in [6, 6.07) is 1.40. The summed E-state index contributed by atoms with van der Waals surface area (Å²) in [7, 11) is 2.49. The maximum absolute atomic E-state index is 13.5. The first-order valence-electron chi connectivity index (χ1n) is 8.46. The molecule has 0 saturated heterocycles. The minimum atomic E-state index is -4.81. The predicted octanol–water partition coefficient (Wildman–Crippen LogP) is 4.80. The van der Waals surface area contributed by atoms with Crippen LogP contribution in [0.5, 0.6) is 5.75 Å². The number of nitrogens with zero attached hydrogens (tertiary/aromatic N) is 1. The zero-order valence-electron chi connectivity index (χ0n) is 15.8. The number of esters is 1. The molecule has 1 atom stereocenters. The monoisotopic (exact) mass is 487 g/mol. The zero-order chi connectivity index (χ0) is 22.5. The van der Waals surface area contributed by atoms with Gasteiger partial charge in [-0.3, -0.25) is 0 Å². The first kappa shape index (κ1) is 24.5. The maximum Gasteiger partial charge on any atom is 0.430 e. The Bertz CT molecular complexity index is 850. The van der Waals surface area contributed by atoms with Crippen LogP contribution in [0, 0.1) is 24.0 Å². The van der Waals surface area contributed by atoms with Crippen molar-refractivity contribution in [2.75, 3.05) is 24.7 Å². The van der Waals surface area contributed by atoms with Crippen molar-refractivity contribution < 1.29 is 37.4 Å². The number of hydrogen-bond donors (Lipinski definition) is 0. The van der Waals surface area contributed by atoms with Crippen LogP contribution in [0.25, 0.3) is 6.08 Å². The number of hydrogen-bond acceptors (Lipinski definition) is 8. The highest BCUT2D eigenvalue weighted by atomic mass is 35.5. The van der Waals surface area contributed by atoms with Crippen LogP contribution in [-0.4, -0.2) is 48.1 Å². The molecule has 0 spiro atoms. The van der Waals surface area contributed by atoms with Crippen LogP contribution in [0.4, 0.5) is 13.2 Å². The Hall–Kier alpha value is -1.79. The summed E-state index contributed by atoms with van der Waals surface area (Å²) in [6.07, 6.45) is -6.15. The van der Waals surface area contributed by atoms with Crippen molar-refractivity contribution in [1.29, 1.82) is 0 Å². The first-order chi connectivity index (χ1) is 14.0. The van der Waals surface area contributed by atoms with Gasteiger partial charge in [-0.25, -0.2) is 4.79 Å². The third-order valence-electron chi connectivity index (χ3n) is 3.90. The lowest BCUT2D eigenvalue weighted by atomic mass is 9.96. The summed E-state index contributed by atoms with van der Waals surface area (Å²) in [4.78, 5) is 26.4. The number of rotatable bonds is 9. The average molecular weight is 488 g/mol. The lowest BCUT2D eigenvalue weighted by molar-refractivity contribution is -0.756. The maximum atomic E-state index is 13.5. The average Bonchev–Trinajstić information content (AvgIpc) is 2.66. The van der Waals surface area contributed by atoms with Crippen LogP contribution in [-0.2, 0) is 14.4 Å². The van der Waals surface area contributed by atoms with Gasteiger partial charge in [-0.1, -0.05) is 33.2 Å². The number of alkyl halides is 3. The fraction of sp³-hybridized carbons (Fsp3) is 0.471. The van der Waals surface area contributed by atoms with E-state index in [1.807, 2.05) is 0 Å². The molecule has 0 amide bonds. The molecule has 1 aliphatic heterocycles. The largest absolute Gasteiger partial charge is 0.475 e. The Morgan fingerprint density at radius 1 is 1.30 bits per heavy atom. The number of benzene rings is 1. The molecule has 1 aliphatic rings. The van der Waals surface area contributed by atoms with E-state index in [-0.39, 0.29) is 24.7 Å². The van der Waals surface area contributed by atoms with Gasteiger partial charge < -0.3 is 14.3 Å². The molecule has 13 heteroatoms. The van der Waals surface area contributed by atoms with E-state index < -0.39 is 28.9 Å². The van der Waals surface area contributed by atoms with Gasteiger partial charge in [-0.05, 0) is 37.1 Å². The Labute approximate surface area is 182 Å². The van der Waals surface area contributed by atoms with Crippen LogP contribution in [0.15, 0.2) is 11.6 Å². The predicted molar refractivity (Wildman–Crippen MR) is 108 cm³/mol. The van der Waals surface area contributed by atoms with Gasteiger partial charge in [-0.15, -0.1) is 10.1 Å². The second-order valence-electron chi connectivity index (χ2n) is 6.02. The summed E-state index contributed by atoms with van der Waals surface area (Å²) < 4.78 is 50.5. The van der Waals surface area contributed by atoms with Crippen molar-refractivity contribution in [2.24, 2.45) is 0 Å². The van der Waals surface area contributed by atoms with Crippen LogP contribution in [0.2, 0.25) is 5.02 Å². The summed E-state index contributed by atoms with van der Waals surface area (Å²) in [6.45, 7) is 3.04. The van der Waals surface area contributed by atoms with Crippen molar-refractivity contribution in [3.05, 3.63) is 43.5 Å². The Balaban J connectivity index is 2.03. The van der Waals surface area contributed by atoms with Crippen LogP contribution >= 0.6 is 33.2 Å². The van der Waals surface area contributed by atoms with Gasteiger partial charge >= 0.3 is 12.1 Å². The minimum absolute atomic E-state index is 0.00262. The lowest BCUT2D eigenvalue weighted by Gasteiger charge is -2.29. The Morgan fingerprint density at radius 2 is 1.93 bits per heavy atom. The molecular weight excluding hydrogens is 471 g/mol. The SMILES string of the molecule is Cc1cc2c(c(C)c1Cl)C=C(C(=O)OCCSSCCO[N+](=O)[O-])C(C(F)(F)F)O2. The first-order valence-corrected chi connectivity index (χ1v) is 11.3. The molecule has 0 saturated carbocycles. The molecule has 1 heterocycles. The van der Waals surface area contributed by atoms with E-state index in [0.717, 1.165) is 6.08 Å². The number of carbonyl (C=O) groups is 1. The quantitative estimate of drug-likeness (QED) is 0.161. The van der Waals surface area contributed by atoms with Gasteiger partial charge in [0, 0.05) is 22.1 Å². The highest BCUT2D eigenvalue weighted by molar-refractivity contribution is 8.76. The van der Waals surface area contributed by atoms with E-state index in [1.54, 1.807) is 13.8 Å². The van der Waals surface area contributed by atoms with Crippen molar-refractivity contribution in [3.8, 4) is 5.75 Å². The third kappa shape index (κ3) is 6.35. The molecular formula is C17H17ClF3NO6S2. The molecule has 1 aromatic rings. The summed E-state index contributed by atoms with van der Waals surface area (Å²) >= 11 is 6.17. The van der Waals surface area contributed by atoms with Crippen LogP contribution in [0.1, 0.15) is 16.7 Å². The van der Waals surface area contributed by atoms with Crippen LogP contribution < -0.4 is 4.74 Å². The zero-order valence-corrected chi connectivity index (χ0v) is 18.2. The molecule has 0 N–H and O–H groups in total. The van der Waals surface area contributed by atoms with E-state index >= 15 is 0 Å². The van der Waals surface area contributed by atoms with Crippen LogP contribution in [0.3, 0.4) is 0 Å². The van der Waals surface area contributed by atoms with Gasteiger partial charge in [0.2, 0.25) is 6.10 Å².